The second-order valence-electron chi connectivity index (χ2n) is 6.57. The number of fused-ring (bicyclic) bond motifs is 1. The summed E-state index contributed by atoms with van der Waals surface area (Å²) in [5, 5.41) is 4.14. The van der Waals surface area contributed by atoms with Crippen molar-refractivity contribution in [2.24, 2.45) is 5.92 Å². The average Bonchev–Trinajstić information content (AvgIpc) is 2.66. The molecule has 4 rings (SSSR count). The summed E-state index contributed by atoms with van der Waals surface area (Å²) < 4.78 is 0.964. The molecule has 136 valence electrons. The Morgan fingerprint density at radius 1 is 1.07 bits per heavy atom. The molecule has 1 aromatic heterocycles. The smallest absolute Gasteiger partial charge is 0.162 e. The highest BCUT2D eigenvalue weighted by molar-refractivity contribution is 9.10. The molecular weight excluding hydrogens is 408 g/mol. The first-order valence-corrected chi connectivity index (χ1v) is 9.38. The molecule has 1 aliphatic rings. The maximum absolute atomic E-state index is 12.1. The van der Waals surface area contributed by atoms with E-state index in [1.807, 2.05) is 42.5 Å². The first-order chi connectivity index (χ1) is 13.0. The van der Waals surface area contributed by atoms with Crippen molar-refractivity contribution in [3.05, 3.63) is 53.3 Å². The Balaban J connectivity index is 1.71. The SMILES string of the molecule is CC1C(=O)CN(c2ccc3ncnc(Nc4cccc(Br)c4)c3c2)CC1=O. The number of Topliss-reactive ketones (excluding diaryl/α,β-unsaturated/α-hetero) is 2. The van der Waals surface area contributed by atoms with Gasteiger partial charge in [-0.15, -0.1) is 0 Å². The molecule has 1 saturated heterocycles. The van der Waals surface area contributed by atoms with E-state index in [1.165, 1.54) is 6.33 Å². The van der Waals surface area contributed by atoms with Crippen LogP contribution in [0.25, 0.3) is 10.9 Å². The lowest BCUT2D eigenvalue weighted by Crippen LogP contribution is -2.46. The van der Waals surface area contributed by atoms with E-state index in [9.17, 15) is 9.59 Å². The third-order valence-electron chi connectivity index (χ3n) is 4.73. The molecule has 0 bridgehead atoms. The van der Waals surface area contributed by atoms with E-state index in [1.54, 1.807) is 11.8 Å². The number of anilines is 3. The molecule has 0 spiro atoms. The van der Waals surface area contributed by atoms with E-state index in [4.69, 9.17) is 0 Å². The summed E-state index contributed by atoms with van der Waals surface area (Å²) in [5.41, 5.74) is 2.49. The van der Waals surface area contributed by atoms with Crippen LogP contribution >= 0.6 is 15.9 Å². The molecule has 2 aromatic carbocycles. The Hall–Kier alpha value is -2.80. The highest BCUT2D eigenvalue weighted by atomic mass is 79.9. The lowest BCUT2D eigenvalue weighted by molar-refractivity contribution is -0.132. The number of nitrogens with one attached hydrogen (secondary N) is 1. The predicted molar refractivity (Wildman–Crippen MR) is 108 cm³/mol. The second kappa shape index (κ2) is 7.08. The fourth-order valence-corrected chi connectivity index (χ4v) is 3.51. The predicted octanol–water partition coefficient (Wildman–Crippen LogP) is 3.73. The summed E-state index contributed by atoms with van der Waals surface area (Å²) in [7, 11) is 0. The number of aromatic nitrogens is 2. The van der Waals surface area contributed by atoms with Gasteiger partial charge in [0.05, 0.1) is 24.5 Å². The number of ketones is 2. The standard InChI is InChI=1S/C20H17BrN4O2/c1-12-18(26)9-25(10-19(12)27)15-5-6-17-16(8-15)20(23-11-22-17)24-14-4-2-3-13(21)7-14/h2-8,11-12H,9-10H2,1H3,(H,22,23,24). The normalized spacial score (nSPS) is 15.4. The number of rotatable bonds is 3. The van der Waals surface area contributed by atoms with E-state index in [-0.39, 0.29) is 24.7 Å². The van der Waals surface area contributed by atoms with Crippen molar-refractivity contribution < 1.29 is 9.59 Å². The third-order valence-corrected chi connectivity index (χ3v) is 5.22. The molecule has 27 heavy (non-hydrogen) atoms. The number of hydrogen-bond donors (Lipinski definition) is 1. The van der Waals surface area contributed by atoms with Crippen LogP contribution in [-0.2, 0) is 9.59 Å². The number of hydrogen-bond acceptors (Lipinski definition) is 6. The minimum Gasteiger partial charge on any atom is -0.357 e. The summed E-state index contributed by atoms with van der Waals surface area (Å²) >= 11 is 3.46. The highest BCUT2D eigenvalue weighted by Gasteiger charge is 2.30. The first-order valence-electron chi connectivity index (χ1n) is 8.59. The molecule has 0 saturated carbocycles. The second-order valence-corrected chi connectivity index (χ2v) is 7.49. The zero-order valence-corrected chi connectivity index (χ0v) is 16.2. The molecule has 1 fully saturated rings. The number of nitrogens with zero attached hydrogens (tertiary/aromatic N) is 3. The van der Waals surface area contributed by atoms with Crippen LogP contribution in [-0.4, -0.2) is 34.6 Å². The third kappa shape index (κ3) is 3.55. The van der Waals surface area contributed by atoms with Crippen molar-refractivity contribution in [2.75, 3.05) is 23.3 Å². The van der Waals surface area contributed by atoms with Gasteiger partial charge < -0.3 is 10.2 Å². The van der Waals surface area contributed by atoms with Gasteiger partial charge in [0.25, 0.3) is 0 Å². The van der Waals surface area contributed by atoms with Crippen molar-refractivity contribution in [1.29, 1.82) is 0 Å². The number of benzene rings is 2. The molecule has 1 N–H and O–H groups in total. The molecule has 3 aromatic rings. The molecular formula is C20H17BrN4O2. The zero-order valence-electron chi connectivity index (χ0n) is 14.6. The fourth-order valence-electron chi connectivity index (χ4n) is 3.11. The number of carbonyl (C=O) groups excluding carboxylic acids is 2. The maximum Gasteiger partial charge on any atom is 0.162 e. The van der Waals surface area contributed by atoms with E-state index < -0.39 is 5.92 Å². The molecule has 1 aliphatic heterocycles. The Morgan fingerprint density at radius 3 is 2.59 bits per heavy atom. The molecule has 2 heterocycles. The minimum atomic E-state index is -0.515. The van der Waals surface area contributed by atoms with Crippen molar-refractivity contribution in [1.82, 2.24) is 9.97 Å². The molecule has 0 aliphatic carbocycles. The largest absolute Gasteiger partial charge is 0.357 e. The van der Waals surface area contributed by atoms with Crippen LogP contribution in [0.5, 0.6) is 0 Å². The maximum atomic E-state index is 12.1. The van der Waals surface area contributed by atoms with Crippen LogP contribution in [0.15, 0.2) is 53.3 Å². The molecule has 0 atom stereocenters. The van der Waals surface area contributed by atoms with Crippen molar-refractivity contribution >= 4 is 55.6 Å². The zero-order chi connectivity index (χ0) is 19.0. The van der Waals surface area contributed by atoms with Gasteiger partial charge in [0, 0.05) is 21.2 Å². The Morgan fingerprint density at radius 2 is 1.85 bits per heavy atom. The van der Waals surface area contributed by atoms with Crippen LogP contribution < -0.4 is 10.2 Å². The number of carbonyl (C=O) groups is 2. The van der Waals surface area contributed by atoms with Crippen LogP contribution in [0.1, 0.15) is 6.92 Å². The summed E-state index contributed by atoms with van der Waals surface area (Å²) in [4.78, 5) is 34.7. The Bertz CT molecular complexity index is 1040. The Kier molecular flexibility index (Phi) is 4.61. The molecule has 6 nitrogen and oxygen atoms in total. The fraction of sp³-hybridized carbons (Fsp3) is 0.200. The molecule has 0 radical (unpaired) electrons. The lowest BCUT2D eigenvalue weighted by atomic mass is 9.96. The topological polar surface area (TPSA) is 75.2 Å². The van der Waals surface area contributed by atoms with Gasteiger partial charge in [-0.2, -0.15) is 0 Å². The van der Waals surface area contributed by atoms with Gasteiger partial charge in [0.15, 0.2) is 11.6 Å². The summed E-state index contributed by atoms with van der Waals surface area (Å²) in [5.74, 6) is 0.0491. The molecule has 0 unspecified atom stereocenters. The summed E-state index contributed by atoms with van der Waals surface area (Å²) in [6.45, 7) is 2.15. The van der Waals surface area contributed by atoms with E-state index in [0.717, 1.165) is 26.8 Å². The average molecular weight is 425 g/mol. The van der Waals surface area contributed by atoms with Crippen LogP contribution in [0, 0.1) is 5.92 Å². The number of piperidine rings is 1. The van der Waals surface area contributed by atoms with Gasteiger partial charge >= 0.3 is 0 Å². The number of halogens is 1. The molecule has 7 heteroatoms. The highest BCUT2D eigenvalue weighted by Crippen LogP contribution is 2.29. The van der Waals surface area contributed by atoms with Crippen LogP contribution in [0.4, 0.5) is 17.2 Å². The Labute approximate surface area is 164 Å². The molecule has 0 amide bonds. The summed E-state index contributed by atoms with van der Waals surface area (Å²) in [6.07, 6.45) is 1.51. The van der Waals surface area contributed by atoms with Gasteiger partial charge in [0.2, 0.25) is 0 Å². The van der Waals surface area contributed by atoms with Gasteiger partial charge in [-0.1, -0.05) is 22.0 Å². The van der Waals surface area contributed by atoms with E-state index in [0.29, 0.717) is 5.82 Å². The van der Waals surface area contributed by atoms with Gasteiger partial charge in [0.1, 0.15) is 12.1 Å². The van der Waals surface area contributed by atoms with Crippen LogP contribution in [0.3, 0.4) is 0 Å². The van der Waals surface area contributed by atoms with Gasteiger partial charge in [-0.3, -0.25) is 9.59 Å². The minimum absolute atomic E-state index is 0.0526. The van der Waals surface area contributed by atoms with Crippen molar-refractivity contribution in [3.8, 4) is 0 Å². The van der Waals surface area contributed by atoms with E-state index >= 15 is 0 Å². The van der Waals surface area contributed by atoms with E-state index in [2.05, 4.69) is 31.2 Å². The first kappa shape index (κ1) is 17.6. The monoisotopic (exact) mass is 424 g/mol. The quantitative estimate of drug-likeness (QED) is 0.645. The van der Waals surface area contributed by atoms with Crippen molar-refractivity contribution in [2.45, 2.75) is 6.92 Å². The summed E-state index contributed by atoms with van der Waals surface area (Å²) in [6, 6.07) is 13.5. The van der Waals surface area contributed by atoms with Crippen molar-refractivity contribution in [3.63, 3.8) is 0 Å². The van der Waals surface area contributed by atoms with Gasteiger partial charge in [-0.25, -0.2) is 9.97 Å². The van der Waals surface area contributed by atoms with Gasteiger partial charge in [-0.05, 0) is 43.3 Å². The lowest BCUT2D eigenvalue weighted by Gasteiger charge is -2.30. The van der Waals surface area contributed by atoms with Crippen LogP contribution in [0.2, 0.25) is 0 Å².